The molecule has 0 bridgehead atoms. The van der Waals surface area contributed by atoms with Gasteiger partial charge in [0.2, 0.25) is 0 Å². The Morgan fingerprint density at radius 2 is 1.34 bits per heavy atom. The maximum atomic E-state index is 13.3. The molecule has 0 aliphatic carbocycles. The first-order chi connectivity index (χ1) is 14.1. The van der Waals surface area contributed by atoms with Crippen molar-refractivity contribution in [2.45, 2.75) is 24.2 Å². The summed E-state index contributed by atoms with van der Waals surface area (Å²) in [5.74, 6) is -0.191. The Morgan fingerprint density at radius 1 is 0.828 bits per heavy atom. The number of hydrogen-bond acceptors (Lipinski definition) is 3. The zero-order valence-corrected chi connectivity index (χ0v) is 18.0. The van der Waals surface area contributed by atoms with Gasteiger partial charge >= 0.3 is 0 Å². The van der Waals surface area contributed by atoms with Gasteiger partial charge < -0.3 is 0 Å². The first-order valence-electron chi connectivity index (χ1n) is 9.73. The van der Waals surface area contributed by atoms with E-state index in [4.69, 9.17) is 11.6 Å². The average molecular weight is 427 g/mol. The fraction of sp³-hybridized carbons (Fsp3) is 0.250. The minimum atomic E-state index is -0.191. The molecule has 1 saturated heterocycles. The van der Waals surface area contributed by atoms with Crippen LogP contribution in [-0.4, -0.2) is 29.1 Å². The van der Waals surface area contributed by atoms with Gasteiger partial charge in [-0.25, -0.2) is 4.39 Å². The van der Waals surface area contributed by atoms with Gasteiger partial charge in [-0.15, -0.1) is 11.8 Å². The van der Waals surface area contributed by atoms with Gasteiger partial charge in [-0.3, -0.25) is 9.80 Å². The van der Waals surface area contributed by atoms with Crippen LogP contribution in [0.15, 0.2) is 77.7 Å². The van der Waals surface area contributed by atoms with Gasteiger partial charge in [0.1, 0.15) is 5.82 Å². The van der Waals surface area contributed by atoms with Gasteiger partial charge in [-0.05, 0) is 59.3 Å². The highest BCUT2D eigenvalue weighted by Gasteiger charge is 2.33. The lowest BCUT2D eigenvalue weighted by Crippen LogP contribution is -2.30. The molecule has 0 spiro atoms. The lowest BCUT2D eigenvalue weighted by molar-refractivity contribution is 0.126. The molecule has 1 heterocycles. The summed E-state index contributed by atoms with van der Waals surface area (Å²) in [5.41, 5.74) is 3.67. The van der Waals surface area contributed by atoms with Gasteiger partial charge in [0, 0.05) is 36.1 Å². The fourth-order valence-electron chi connectivity index (χ4n) is 3.91. The van der Waals surface area contributed by atoms with Crippen molar-refractivity contribution in [3.05, 3.63) is 100 Å². The van der Waals surface area contributed by atoms with Crippen molar-refractivity contribution in [2.24, 2.45) is 0 Å². The van der Waals surface area contributed by atoms with Crippen LogP contribution in [-0.2, 0) is 13.1 Å². The Labute approximate surface area is 181 Å². The Hall–Kier alpha value is -1.85. The summed E-state index contributed by atoms with van der Waals surface area (Å²) in [5, 5.41) is 0.761. The van der Waals surface area contributed by atoms with E-state index in [1.807, 2.05) is 24.3 Å². The van der Waals surface area contributed by atoms with Crippen LogP contribution in [0.1, 0.15) is 22.9 Å². The Morgan fingerprint density at radius 3 is 1.86 bits per heavy atom. The number of thioether (sulfide) groups is 1. The summed E-state index contributed by atoms with van der Waals surface area (Å²) in [6.45, 7) is 3.62. The second-order valence-corrected chi connectivity index (χ2v) is 8.66. The molecule has 1 aliphatic heterocycles. The molecule has 0 saturated carbocycles. The molecule has 0 radical (unpaired) electrons. The number of hydrogen-bond donors (Lipinski definition) is 0. The minimum Gasteiger partial charge on any atom is -0.279 e. The predicted octanol–water partition coefficient (Wildman–Crippen LogP) is 6.22. The third kappa shape index (κ3) is 5.01. The summed E-state index contributed by atoms with van der Waals surface area (Å²) in [4.78, 5) is 6.24. The second kappa shape index (κ2) is 9.31. The van der Waals surface area contributed by atoms with E-state index in [0.29, 0.717) is 0 Å². The van der Waals surface area contributed by atoms with E-state index in [9.17, 15) is 4.39 Å². The van der Waals surface area contributed by atoms with Crippen molar-refractivity contribution in [1.82, 2.24) is 9.80 Å². The van der Waals surface area contributed by atoms with E-state index in [0.717, 1.165) is 36.8 Å². The monoisotopic (exact) mass is 426 g/mol. The Balaban J connectivity index is 1.59. The molecule has 1 aliphatic rings. The van der Waals surface area contributed by atoms with Crippen molar-refractivity contribution < 1.29 is 4.39 Å². The molecule has 5 heteroatoms. The summed E-state index contributed by atoms with van der Waals surface area (Å²) in [6.07, 6.45) is 2.28. The standard InChI is InChI=1S/C24H24ClFN2S/c1-29-23-12-6-20(7-13-23)24-27(16-18-2-8-21(25)9-3-18)14-15-28(24)17-19-4-10-22(26)11-5-19/h2-13,24H,14-17H2,1H3/t24-/m0/s1. The maximum Gasteiger partial charge on any atom is 0.123 e. The molecule has 3 aromatic rings. The molecule has 3 aromatic carbocycles. The first-order valence-corrected chi connectivity index (χ1v) is 11.3. The fourth-order valence-corrected chi connectivity index (χ4v) is 4.44. The Bertz CT molecular complexity index is 873. The molecular weight excluding hydrogens is 403 g/mol. The maximum absolute atomic E-state index is 13.3. The van der Waals surface area contributed by atoms with Crippen molar-refractivity contribution in [3.8, 4) is 0 Å². The molecule has 150 valence electrons. The SMILES string of the molecule is CSc1ccc([C@@H]2N(Cc3ccc(F)cc3)CCN2Cc2ccc(Cl)cc2)cc1. The van der Waals surface area contributed by atoms with E-state index in [2.05, 4.69) is 52.5 Å². The van der Waals surface area contributed by atoms with Crippen molar-refractivity contribution >= 4 is 23.4 Å². The van der Waals surface area contributed by atoms with E-state index in [1.165, 1.54) is 16.0 Å². The molecule has 0 unspecified atom stereocenters. The molecule has 2 nitrogen and oxygen atoms in total. The second-order valence-electron chi connectivity index (χ2n) is 7.34. The average Bonchev–Trinajstić information content (AvgIpc) is 3.13. The van der Waals surface area contributed by atoms with Gasteiger partial charge in [0.15, 0.2) is 0 Å². The Kier molecular flexibility index (Phi) is 6.56. The van der Waals surface area contributed by atoms with E-state index in [1.54, 1.807) is 23.9 Å². The summed E-state index contributed by atoms with van der Waals surface area (Å²) >= 11 is 7.81. The van der Waals surface area contributed by atoms with Gasteiger partial charge in [0.05, 0.1) is 6.17 Å². The van der Waals surface area contributed by atoms with Crippen LogP contribution in [0.4, 0.5) is 4.39 Å². The molecule has 1 atom stereocenters. The number of halogens is 2. The topological polar surface area (TPSA) is 6.48 Å². The minimum absolute atomic E-state index is 0.187. The van der Waals surface area contributed by atoms with E-state index >= 15 is 0 Å². The molecule has 4 rings (SSSR count). The molecule has 0 N–H and O–H groups in total. The summed E-state index contributed by atoms with van der Waals surface area (Å²) < 4.78 is 13.3. The normalized spacial score (nSPS) is 17.7. The van der Waals surface area contributed by atoms with E-state index < -0.39 is 0 Å². The van der Waals surface area contributed by atoms with E-state index in [-0.39, 0.29) is 12.0 Å². The predicted molar refractivity (Wildman–Crippen MR) is 120 cm³/mol. The first kappa shape index (κ1) is 20.4. The number of rotatable bonds is 6. The van der Waals surface area contributed by atoms with Crippen LogP contribution in [0.3, 0.4) is 0 Å². The third-order valence-corrected chi connectivity index (χ3v) is 6.37. The van der Waals surface area contributed by atoms with Crippen molar-refractivity contribution in [2.75, 3.05) is 19.3 Å². The lowest BCUT2D eigenvalue weighted by Gasteiger charge is -2.31. The van der Waals surface area contributed by atoms with Gasteiger partial charge in [0.25, 0.3) is 0 Å². The highest BCUT2D eigenvalue weighted by molar-refractivity contribution is 7.98. The number of nitrogens with zero attached hydrogens (tertiary/aromatic N) is 2. The largest absolute Gasteiger partial charge is 0.279 e. The van der Waals surface area contributed by atoms with Crippen LogP contribution >= 0.6 is 23.4 Å². The summed E-state index contributed by atoms with van der Waals surface area (Å²) in [6, 6.07) is 23.8. The van der Waals surface area contributed by atoms with Crippen molar-refractivity contribution in [3.63, 3.8) is 0 Å². The highest BCUT2D eigenvalue weighted by Crippen LogP contribution is 2.33. The highest BCUT2D eigenvalue weighted by atomic mass is 35.5. The zero-order chi connectivity index (χ0) is 20.2. The molecule has 29 heavy (non-hydrogen) atoms. The van der Waals surface area contributed by atoms with Crippen LogP contribution < -0.4 is 0 Å². The van der Waals surface area contributed by atoms with Gasteiger partial charge in [-0.2, -0.15) is 0 Å². The molecule has 0 amide bonds. The molecule has 0 aromatic heterocycles. The van der Waals surface area contributed by atoms with Gasteiger partial charge in [-0.1, -0.05) is 48.0 Å². The smallest absolute Gasteiger partial charge is 0.123 e. The number of benzene rings is 3. The van der Waals surface area contributed by atoms with Crippen LogP contribution in [0, 0.1) is 5.82 Å². The molecule has 1 fully saturated rings. The lowest BCUT2D eigenvalue weighted by atomic mass is 10.1. The third-order valence-electron chi connectivity index (χ3n) is 5.38. The molecular formula is C24H24ClFN2S. The zero-order valence-electron chi connectivity index (χ0n) is 16.4. The van der Waals surface area contributed by atoms with Crippen molar-refractivity contribution in [1.29, 1.82) is 0 Å². The van der Waals surface area contributed by atoms with Crippen LogP contribution in [0.5, 0.6) is 0 Å². The van der Waals surface area contributed by atoms with Crippen LogP contribution in [0.2, 0.25) is 5.02 Å². The summed E-state index contributed by atoms with van der Waals surface area (Å²) in [7, 11) is 0. The quantitative estimate of drug-likeness (QED) is 0.432. The van der Waals surface area contributed by atoms with Crippen LogP contribution in [0.25, 0.3) is 0 Å².